The van der Waals surface area contributed by atoms with Crippen LogP contribution in [0.25, 0.3) is 10.8 Å². The zero-order chi connectivity index (χ0) is 17.7. The molecule has 0 saturated heterocycles. The summed E-state index contributed by atoms with van der Waals surface area (Å²) in [6.45, 7) is 12.3. The highest BCUT2D eigenvalue weighted by Gasteiger charge is 2.06. The minimum absolute atomic E-state index is 0.269. The lowest BCUT2D eigenvalue weighted by Gasteiger charge is -2.14. The number of nitrogens with one attached hydrogen (secondary N) is 2. The van der Waals surface area contributed by atoms with Gasteiger partial charge in [-0.05, 0) is 59.1 Å². The van der Waals surface area contributed by atoms with Crippen molar-refractivity contribution in [1.29, 1.82) is 0 Å². The first-order valence-electron chi connectivity index (χ1n) is 8.51. The Morgan fingerprint density at radius 1 is 0.833 bits per heavy atom. The highest BCUT2D eigenvalue weighted by molar-refractivity contribution is 6.06. The zero-order valence-electron chi connectivity index (χ0n) is 15.5. The second-order valence-corrected chi connectivity index (χ2v) is 6.61. The number of aliphatic imine (C=N–C) groups is 2. The Balaban J connectivity index is 2.41. The average molecular weight is 324 g/mol. The number of amidine groups is 2. The predicted octanol–water partition coefficient (Wildman–Crippen LogP) is 5.32. The van der Waals surface area contributed by atoms with Crippen LogP contribution in [-0.4, -0.2) is 23.8 Å². The Labute approximate surface area is 145 Å². The van der Waals surface area contributed by atoms with Crippen LogP contribution < -0.4 is 10.6 Å². The molecule has 0 aliphatic heterocycles. The summed E-state index contributed by atoms with van der Waals surface area (Å²) in [6, 6.07) is 13.2. The van der Waals surface area contributed by atoms with Crippen molar-refractivity contribution in [2.75, 3.05) is 10.6 Å². The highest BCUT2D eigenvalue weighted by atomic mass is 15.0. The van der Waals surface area contributed by atoms with Gasteiger partial charge in [-0.25, -0.2) is 0 Å². The van der Waals surface area contributed by atoms with Gasteiger partial charge in [0.05, 0.1) is 11.7 Å². The summed E-state index contributed by atoms with van der Waals surface area (Å²) in [7, 11) is 0. The van der Waals surface area contributed by atoms with Gasteiger partial charge in [-0.15, -0.1) is 0 Å². The maximum Gasteiger partial charge on any atom is 0.0978 e. The number of nitrogens with zero attached hydrogens (tertiary/aromatic N) is 2. The first-order valence-corrected chi connectivity index (χ1v) is 8.51. The zero-order valence-corrected chi connectivity index (χ0v) is 15.5. The van der Waals surface area contributed by atoms with E-state index < -0.39 is 0 Å². The molecule has 0 saturated carbocycles. The molecule has 0 radical (unpaired) electrons. The van der Waals surface area contributed by atoms with Crippen LogP contribution in [0.1, 0.15) is 41.5 Å². The molecule has 128 valence electrons. The molecule has 4 heteroatoms. The van der Waals surface area contributed by atoms with E-state index in [4.69, 9.17) is 0 Å². The Hall–Kier alpha value is -2.36. The topological polar surface area (TPSA) is 48.8 Å². The van der Waals surface area contributed by atoms with Gasteiger partial charge in [-0.3, -0.25) is 9.98 Å². The van der Waals surface area contributed by atoms with Gasteiger partial charge in [-0.2, -0.15) is 0 Å². The first kappa shape index (κ1) is 18.0. The summed E-state index contributed by atoms with van der Waals surface area (Å²) in [6.07, 6.45) is 0. The summed E-state index contributed by atoms with van der Waals surface area (Å²) in [5.74, 6) is 1.83. The maximum atomic E-state index is 4.57. The van der Waals surface area contributed by atoms with Crippen LogP contribution in [0.3, 0.4) is 0 Å². The molecule has 0 aliphatic rings. The Kier molecular flexibility index (Phi) is 5.96. The van der Waals surface area contributed by atoms with E-state index in [1.165, 1.54) is 10.8 Å². The number of benzene rings is 2. The molecule has 2 aromatic carbocycles. The quantitative estimate of drug-likeness (QED) is 0.591. The summed E-state index contributed by atoms with van der Waals surface area (Å²) in [4.78, 5) is 9.11. The average Bonchev–Trinajstić information content (AvgIpc) is 2.45. The van der Waals surface area contributed by atoms with Crippen LogP contribution >= 0.6 is 0 Å². The van der Waals surface area contributed by atoms with Crippen molar-refractivity contribution in [3.63, 3.8) is 0 Å². The molecule has 24 heavy (non-hydrogen) atoms. The molecule has 2 rings (SSSR count). The Morgan fingerprint density at radius 2 is 1.42 bits per heavy atom. The number of anilines is 2. The summed E-state index contributed by atoms with van der Waals surface area (Å²) >= 11 is 0. The summed E-state index contributed by atoms with van der Waals surface area (Å²) in [5.41, 5.74) is 2.07. The lowest BCUT2D eigenvalue weighted by atomic mass is 10.1. The molecule has 0 unspecified atom stereocenters. The third-order valence-electron chi connectivity index (χ3n) is 3.41. The number of hydrogen-bond donors (Lipinski definition) is 2. The molecule has 0 spiro atoms. The molecular formula is C20H28N4. The molecule has 0 bridgehead atoms. The van der Waals surface area contributed by atoms with Gasteiger partial charge in [0.1, 0.15) is 0 Å². The van der Waals surface area contributed by atoms with E-state index in [-0.39, 0.29) is 12.1 Å². The minimum atomic E-state index is 0.269. The van der Waals surface area contributed by atoms with Crippen LogP contribution in [-0.2, 0) is 0 Å². The molecule has 0 fully saturated rings. The fourth-order valence-electron chi connectivity index (χ4n) is 2.73. The number of fused-ring (bicyclic) bond motifs is 1. The Morgan fingerprint density at radius 3 is 2.04 bits per heavy atom. The van der Waals surface area contributed by atoms with Gasteiger partial charge in [-0.1, -0.05) is 24.3 Å². The van der Waals surface area contributed by atoms with E-state index in [9.17, 15) is 0 Å². The monoisotopic (exact) mass is 324 g/mol. The fraction of sp³-hybridized carbons (Fsp3) is 0.400. The minimum Gasteiger partial charge on any atom is -0.344 e. The highest BCUT2D eigenvalue weighted by Crippen LogP contribution is 2.28. The number of hydrogen-bond acceptors (Lipinski definition) is 2. The molecule has 2 N–H and O–H groups in total. The Bertz CT molecular complexity index is 757. The molecular weight excluding hydrogens is 296 g/mol. The number of rotatable bonds is 4. The van der Waals surface area contributed by atoms with Gasteiger partial charge in [0, 0.05) is 28.8 Å². The van der Waals surface area contributed by atoms with E-state index in [0.29, 0.717) is 0 Å². The molecule has 0 aliphatic carbocycles. The third kappa shape index (κ3) is 5.08. The van der Waals surface area contributed by atoms with E-state index in [1.54, 1.807) is 0 Å². The van der Waals surface area contributed by atoms with Crippen LogP contribution in [0.4, 0.5) is 11.4 Å². The van der Waals surface area contributed by atoms with Gasteiger partial charge >= 0.3 is 0 Å². The molecule has 2 aromatic rings. The second-order valence-electron chi connectivity index (χ2n) is 6.61. The molecule has 4 nitrogen and oxygen atoms in total. The van der Waals surface area contributed by atoms with Gasteiger partial charge in [0.25, 0.3) is 0 Å². The van der Waals surface area contributed by atoms with Crippen molar-refractivity contribution < 1.29 is 0 Å². The fourth-order valence-corrected chi connectivity index (χ4v) is 2.73. The summed E-state index contributed by atoms with van der Waals surface area (Å²) in [5, 5.41) is 9.19. The van der Waals surface area contributed by atoms with Crippen LogP contribution in [0.5, 0.6) is 0 Å². The van der Waals surface area contributed by atoms with Gasteiger partial charge in [0.2, 0.25) is 0 Å². The van der Waals surface area contributed by atoms with Crippen LogP contribution in [0.2, 0.25) is 0 Å². The molecule has 0 aromatic heterocycles. The molecule has 0 atom stereocenters. The van der Waals surface area contributed by atoms with E-state index in [0.717, 1.165) is 23.0 Å². The predicted molar refractivity (Wildman–Crippen MR) is 108 cm³/mol. The smallest absolute Gasteiger partial charge is 0.0978 e. The standard InChI is InChI=1S/C20H28N4/c1-13(2)21-15(5)23-18-11-17-9-7-8-10-19(17)20(12-18)24-16(6)22-14(3)4/h7-14H,1-6H3,(H,21,23)(H,22,24). The van der Waals surface area contributed by atoms with Crippen molar-refractivity contribution in [3.8, 4) is 0 Å². The van der Waals surface area contributed by atoms with Crippen molar-refractivity contribution in [2.24, 2.45) is 9.98 Å². The van der Waals surface area contributed by atoms with Crippen LogP contribution in [0.15, 0.2) is 46.4 Å². The lowest BCUT2D eigenvalue weighted by Crippen LogP contribution is -2.12. The van der Waals surface area contributed by atoms with E-state index in [2.05, 4.69) is 84.7 Å². The molecule has 0 amide bonds. The van der Waals surface area contributed by atoms with Crippen molar-refractivity contribution in [2.45, 2.75) is 53.6 Å². The van der Waals surface area contributed by atoms with E-state index in [1.807, 2.05) is 13.8 Å². The SMILES string of the molecule is CC(=NC(C)C)Nc1cc(NC(C)=NC(C)C)c2ccccc2c1. The van der Waals surface area contributed by atoms with Crippen molar-refractivity contribution in [3.05, 3.63) is 36.4 Å². The van der Waals surface area contributed by atoms with Gasteiger partial charge < -0.3 is 10.6 Å². The third-order valence-corrected chi connectivity index (χ3v) is 3.41. The van der Waals surface area contributed by atoms with Gasteiger partial charge in [0.15, 0.2) is 0 Å². The normalized spacial score (nSPS) is 13.0. The first-order chi connectivity index (χ1) is 11.3. The second kappa shape index (κ2) is 7.95. The maximum absolute atomic E-state index is 4.57. The lowest BCUT2D eigenvalue weighted by molar-refractivity contribution is 0.834. The van der Waals surface area contributed by atoms with Crippen molar-refractivity contribution in [1.82, 2.24) is 0 Å². The molecule has 0 heterocycles. The summed E-state index contributed by atoms with van der Waals surface area (Å²) < 4.78 is 0. The largest absolute Gasteiger partial charge is 0.344 e. The van der Waals surface area contributed by atoms with Crippen molar-refractivity contribution >= 4 is 33.8 Å². The van der Waals surface area contributed by atoms with E-state index >= 15 is 0 Å². The van der Waals surface area contributed by atoms with Crippen LogP contribution in [0, 0.1) is 0 Å².